The molecule has 3 heterocycles. The summed E-state index contributed by atoms with van der Waals surface area (Å²) >= 11 is 0. The molecule has 1 amide bonds. The van der Waals surface area contributed by atoms with E-state index < -0.39 is 0 Å². The molecule has 2 aliphatic rings. The monoisotopic (exact) mass is 396 g/mol. The average Bonchev–Trinajstić information content (AvgIpc) is 3.18. The van der Waals surface area contributed by atoms with Gasteiger partial charge in [-0.25, -0.2) is 0 Å². The lowest BCUT2D eigenvalue weighted by atomic mass is 10.0. The second-order valence-electron chi connectivity index (χ2n) is 8.19. The second kappa shape index (κ2) is 8.91. The van der Waals surface area contributed by atoms with Crippen LogP contribution in [0.2, 0.25) is 0 Å². The molecule has 0 bridgehead atoms. The first kappa shape index (κ1) is 19.8. The summed E-state index contributed by atoms with van der Waals surface area (Å²) in [5.74, 6) is 1.20. The highest BCUT2D eigenvalue weighted by Crippen LogP contribution is 2.29. The normalized spacial score (nSPS) is 20.7. The summed E-state index contributed by atoms with van der Waals surface area (Å²) in [4.78, 5) is 19.9. The third kappa shape index (κ3) is 4.58. The fraction of sp³-hybridized carbons (Fsp3) is 0.522. The summed E-state index contributed by atoms with van der Waals surface area (Å²) in [6, 6.07) is 10.8. The Bertz CT molecular complexity index is 826. The largest absolute Gasteiger partial charge is 0.495 e. The van der Waals surface area contributed by atoms with Crippen molar-refractivity contribution in [1.29, 1.82) is 0 Å². The van der Waals surface area contributed by atoms with Crippen molar-refractivity contribution in [3.8, 4) is 5.75 Å². The van der Waals surface area contributed by atoms with Crippen LogP contribution in [-0.2, 0) is 18.3 Å². The zero-order valence-corrected chi connectivity index (χ0v) is 17.6. The van der Waals surface area contributed by atoms with Gasteiger partial charge in [-0.1, -0.05) is 12.1 Å². The Balaban J connectivity index is 1.32. The van der Waals surface area contributed by atoms with Gasteiger partial charge in [0.25, 0.3) is 0 Å². The van der Waals surface area contributed by atoms with Crippen molar-refractivity contribution in [1.82, 2.24) is 14.4 Å². The molecule has 0 saturated carbocycles. The summed E-state index contributed by atoms with van der Waals surface area (Å²) < 4.78 is 7.53. The van der Waals surface area contributed by atoms with Gasteiger partial charge in [-0.2, -0.15) is 0 Å². The van der Waals surface area contributed by atoms with Crippen LogP contribution in [0, 0.1) is 0 Å². The summed E-state index contributed by atoms with van der Waals surface area (Å²) in [7, 11) is 3.73. The maximum Gasteiger partial charge on any atom is 0.227 e. The summed E-state index contributed by atoms with van der Waals surface area (Å²) in [5.41, 5.74) is 2.28. The number of ether oxygens (including phenoxy) is 1. The number of likely N-dealkylation sites (tertiary alicyclic amines) is 1. The Morgan fingerprint density at radius 2 is 1.90 bits per heavy atom. The first-order valence-corrected chi connectivity index (χ1v) is 10.6. The molecular weight excluding hydrogens is 364 g/mol. The third-order valence-electron chi connectivity index (χ3n) is 6.25. The molecule has 0 N–H and O–H groups in total. The van der Waals surface area contributed by atoms with Crippen molar-refractivity contribution in [2.75, 3.05) is 51.3 Å². The number of methoxy groups -OCH3 is 1. The van der Waals surface area contributed by atoms with Gasteiger partial charge in [0.05, 0.1) is 19.2 Å². The number of benzene rings is 1. The van der Waals surface area contributed by atoms with Gasteiger partial charge in [0.2, 0.25) is 5.91 Å². The number of carbonyl (C=O) groups excluding carboxylic acids is 1. The van der Waals surface area contributed by atoms with Crippen molar-refractivity contribution < 1.29 is 9.53 Å². The lowest BCUT2D eigenvalue weighted by molar-refractivity contribution is -0.132. The van der Waals surface area contributed by atoms with E-state index in [2.05, 4.69) is 26.8 Å². The van der Waals surface area contributed by atoms with E-state index in [1.165, 1.54) is 12.1 Å². The summed E-state index contributed by atoms with van der Waals surface area (Å²) in [6.45, 7) is 5.81. The van der Waals surface area contributed by atoms with E-state index in [0.29, 0.717) is 12.5 Å². The van der Waals surface area contributed by atoms with E-state index in [4.69, 9.17) is 4.74 Å². The molecule has 2 aliphatic heterocycles. The van der Waals surface area contributed by atoms with Gasteiger partial charge < -0.3 is 19.1 Å². The minimum Gasteiger partial charge on any atom is -0.495 e. The molecule has 1 atom stereocenters. The number of para-hydroxylation sites is 2. The molecule has 6 nitrogen and oxygen atoms in total. The fourth-order valence-electron chi connectivity index (χ4n) is 4.65. The molecule has 1 unspecified atom stereocenters. The standard InChI is InChI=1S/C23H32N4O2/c1-24-11-9-19(17-24)16-23(28)27-10-5-6-20(18-27)25-12-14-26(15-13-25)21-7-3-4-8-22(21)29-2/h3-4,7-9,11,17,20H,5-6,10,12-16,18H2,1-2H3. The van der Waals surface area contributed by atoms with E-state index in [0.717, 1.165) is 57.0 Å². The lowest BCUT2D eigenvalue weighted by Gasteiger charge is -2.44. The third-order valence-corrected chi connectivity index (χ3v) is 6.25. The Hall–Kier alpha value is -2.47. The number of amides is 1. The number of piperazine rings is 1. The predicted molar refractivity (Wildman–Crippen MR) is 115 cm³/mol. The Labute approximate surface area is 173 Å². The van der Waals surface area contributed by atoms with Crippen LogP contribution in [0.5, 0.6) is 5.75 Å². The molecule has 0 aliphatic carbocycles. The van der Waals surface area contributed by atoms with Crippen molar-refractivity contribution in [2.45, 2.75) is 25.3 Å². The van der Waals surface area contributed by atoms with Crippen LogP contribution in [0.4, 0.5) is 5.69 Å². The van der Waals surface area contributed by atoms with E-state index in [1.807, 2.05) is 42.2 Å². The molecular formula is C23H32N4O2. The fourth-order valence-corrected chi connectivity index (χ4v) is 4.65. The molecule has 1 aromatic heterocycles. The zero-order chi connectivity index (χ0) is 20.2. The molecule has 2 saturated heterocycles. The first-order valence-electron chi connectivity index (χ1n) is 10.6. The molecule has 0 radical (unpaired) electrons. The first-order chi connectivity index (χ1) is 14.1. The predicted octanol–water partition coefficient (Wildman–Crippen LogP) is 2.39. The number of anilines is 1. The Morgan fingerprint density at radius 1 is 1.10 bits per heavy atom. The zero-order valence-electron chi connectivity index (χ0n) is 17.6. The molecule has 29 heavy (non-hydrogen) atoms. The highest BCUT2D eigenvalue weighted by molar-refractivity contribution is 5.78. The van der Waals surface area contributed by atoms with Crippen molar-refractivity contribution in [3.63, 3.8) is 0 Å². The summed E-state index contributed by atoms with van der Waals surface area (Å²) in [5, 5.41) is 0. The molecule has 2 fully saturated rings. The van der Waals surface area contributed by atoms with Crippen LogP contribution in [-0.4, -0.2) is 72.7 Å². The average molecular weight is 397 g/mol. The van der Waals surface area contributed by atoms with Gasteiger partial charge in [0.15, 0.2) is 0 Å². The topological polar surface area (TPSA) is 41.0 Å². The van der Waals surface area contributed by atoms with Crippen LogP contribution < -0.4 is 9.64 Å². The smallest absolute Gasteiger partial charge is 0.227 e. The van der Waals surface area contributed by atoms with E-state index in [1.54, 1.807) is 7.11 Å². The number of aryl methyl sites for hydroxylation is 1. The lowest BCUT2D eigenvalue weighted by Crippen LogP contribution is -2.56. The van der Waals surface area contributed by atoms with Crippen LogP contribution in [0.25, 0.3) is 0 Å². The molecule has 0 spiro atoms. The van der Waals surface area contributed by atoms with Crippen LogP contribution in [0.15, 0.2) is 42.7 Å². The highest BCUT2D eigenvalue weighted by Gasteiger charge is 2.30. The minimum absolute atomic E-state index is 0.258. The molecule has 1 aromatic carbocycles. The van der Waals surface area contributed by atoms with Gasteiger partial charge in [-0.15, -0.1) is 0 Å². The number of hydrogen-bond acceptors (Lipinski definition) is 4. The number of rotatable bonds is 5. The van der Waals surface area contributed by atoms with E-state index in [-0.39, 0.29) is 5.91 Å². The van der Waals surface area contributed by atoms with Crippen LogP contribution >= 0.6 is 0 Å². The minimum atomic E-state index is 0.258. The maximum atomic E-state index is 12.8. The number of aromatic nitrogens is 1. The van der Waals surface area contributed by atoms with Gasteiger partial charge in [-0.05, 0) is 36.6 Å². The molecule has 4 rings (SSSR count). The highest BCUT2D eigenvalue weighted by atomic mass is 16.5. The Kier molecular flexibility index (Phi) is 6.09. The quantitative estimate of drug-likeness (QED) is 0.778. The molecule has 156 valence electrons. The van der Waals surface area contributed by atoms with Gasteiger partial charge >= 0.3 is 0 Å². The number of nitrogens with zero attached hydrogens (tertiary/aromatic N) is 4. The van der Waals surface area contributed by atoms with E-state index >= 15 is 0 Å². The second-order valence-corrected chi connectivity index (χ2v) is 8.19. The number of carbonyl (C=O) groups is 1. The van der Waals surface area contributed by atoms with Crippen molar-refractivity contribution in [3.05, 3.63) is 48.3 Å². The molecule has 2 aromatic rings. The van der Waals surface area contributed by atoms with Gasteiger partial charge in [0.1, 0.15) is 5.75 Å². The van der Waals surface area contributed by atoms with Gasteiger partial charge in [0, 0.05) is 64.8 Å². The number of hydrogen-bond donors (Lipinski definition) is 0. The van der Waals surface area contributed by atoms with Crippen molar-refractivity contribution in [2.24, 2.45) is 7.05 Å². The van der Waals surface area contributed by atoms with E-state index in [9.17, 15) is 4.79 Å². The number of piperidine rings is 1. The molecule has 6 heteroatoms. The van der Waals surface area contributed by atoms with Crippen molar-refractivity contribution >= 4 is 11.6 Å². The van der Waals surface area contributed by atoms with Crippen LogP contribution in [0.1, 0.15) is 18.4 Å². The van der Waals surface area contributed by atoms with Crippen LogP contribution in [0.3, 0.4) is 0 Å². The van der Waals surface area contributed by atoms with Gasteiger partial charge in [-0.3, -0.25) is 9.69 Å². The maximum absolute atomic E-state index is 12.8. The summed E-state index contributed by atoms with van der Waals surface area (Å²) in [6.07, 6.45) is 6.83. The SMILES string of the molecule is COc1ccccc1N1CCN(C2CCCN(C(=O)Cc3ccn(C)c3)C2)CC1. The Morgan fingerprint density at radius 3 is 2.62 bits per heavy atom.